The van der Waals surface area contributed by atoms with E-state index in [0.717, 1.165) is 0 Å². The number of rotatable bonds is 14. The highest BCUT2D eigenvalue weighted by atomic mass is 31.2. The number of hydrogen-bond acceptors (Lipinski definition) is 13. The first kappa shape index (κ1) is 45.0. The van der Waals surface area contributed by atoms with Crippen LogP contribution in [0, 0.1) is 0 Å². The van der Waals surface area contributed by atoms with Crippen LogP contribution in [0.25, 0.3) is 21.5 Å². The van der Waals surface area contributed by atoms with Crippen LogP contribution in [-0.4, -0.2) is 86.5 Å². The van der Waals surface area contributed by atoms with Gasteiger partial charge in [-0.15, -0.1) is 0 Å². The van der Waals surface area contributed by atoms with Crippen LogP contribution >= 0.6 is 15.2 Å². The third-order valence-corrected chi connectivity index (χ3v) is 17.3. The molecule has 1 unspecified atom stereocenters. The fourth-order valence-corrected chi connectivity index (χ4v) is 14.7. The summed E-state index contributed by atoms with van der Waals surface area (Å²) >= 11 is -3.94. The Morgan fingerprint density at radius 3 is 1.58 bits per heavy atom. The highest BCUT2D eigenvalue weighted by molar-refractivity contribution is 7.53. The van der Waals surface area contributed by atoms with Crippen molar-refractivity contribution in [1.82, 2.24) is 7.10 Å². The second-order valence-corrected chi connectivity index (χ2v) is 22.1. The molecular formula is C48H43AlN8O10P2. The molecular weight excluding hydrogens is 938 g/mol. The fraction of sp³-hybridized carbons (Fsp3) is 0.208. The summed E-state index contributed by atoms with van der Waals surface area (Å²) in [6.07, 6.45) is -0.954. The minimum Gasteiger partial charge on any atom is -0.493 e. The van der Waals surface area contributed by atoms with Gasteiger partial charge in [-0.1, -0.05) is 72.8 Å². The van der Waals surface area contributed by atoms with Crippen LogP contribution in [0.1, 0.15) is 61.1 Å². The van der Waals surface area contributed by atoms with Gasteiger partial charge < -0.3 is 44.3 Å². The average Bonchev–Trinajstić information content (AvgIpc) is 4.03. The topological polar surface area (TPSA) is 225 Å². The number of nitrogens with zero attached hydrogens (tertiary/aromatic N) is 8. The van der Waals surface area contributed by atoms with Gasteiger partial charge >= 0.3 is 30.1 Å². The molecule has 0 saturated heterocycles. The Morgan fingerprint density at radius 2 is 0.971 bits per heavy atom. The van der Waals surface area contributed by atoms with E-state index in [-0.39, 0.29) is 23.0 Å². The molecule has 1 atom stereocenters. The Bertz CT molecular complexity index is 3670. The zero-order valence-corrected chi connectivity index (χ0v) is 40.7. The fourth-order valence-electron chi connectivity index (χ4n) is 9.24. The second kappa shape index (κ2) is 17.5. The molecule has 7 aromatic rings. The summed E-state index contributed by atoms with van der Waals surface area (Å²) in [5.74, 6) is 3.76. The molecule has 6 bridgehead atoms. The first-order valence-corrected chi connectivity index (χ1v) is 27.5. The summed E-state index contributed by atoms with van der Waals surface area (Å²) in [6.45, 7) is 8.89. The molecule has 3 N–H and O–H groups in total. The number of fused-ring (bicyclic) bond motifs is 14. The van der Waals surface area contributed by atoms with Crippen LogP contribution in [0.15, 0.2) is 127 Å². The van der Waals surface area contributed by atoms with Gasteiger partial charge in [0.2, 0.25) is 0 Å². The zero-order valence-electron chi connectivity index (χ0n) is 37.7. The summed E-state index contributed by atoms with van der Waals surface area (Å²) < 4.78 is 62.7. The maximum atomic E-state index is 15.2. The van der Waals surface area contributed by atoms with Crippen LogP contribution < -0.4 is 29.9 Å². The molecule has 0 amide bonds. The average molecular weight is 981 g/mol. The quantitative estimate of drug-likeness (QED) is 0.0715. The van der Waals surface area contributed by atoms with Crippen molar-refractivity contribution in [2.45, 2.75) is 40.0 Å². The number of aromatic nitrogens is 2. The third kappa shape index (κ3) is 7.85. The monoisotopic (exact) mass is 980 g/mol. The Hall–Kier alpha value is -6.51. The van der Waals surface area contributed by atoms with Gasteiger partial charge in [0.25, 0.3) is 0 Å². The van der Waals surface area contributed by atoms with E-state index in [2.05, 4.69) is 0 Å². The predicted molar refractivity (Wildman–Crippen MR) is 263 cm³/mol. The molecule has 5 aromatic carbocycles. The molecule has 0 fully saturated rings. The van der Waals surface area contributed by atoms with Gasteiger partial charge in [0.05, 0.1) is 60.7 Å². The summed E-state index contributed by atoms with van der Waals surface area (Å²) in [7, 11) is -9.13. The number of amidine groups is 4. The van der Waals surface area contributed by atoms with E-state index in [9.17, 15) is 19.2 Å². The molecule has 6 heterocycles. The lowest BCUT2D eigenvalue weighted by molar-refractivity contribution is 0.339. The van der Waals surface area contributed by atoms with Gasteiger partial charge in [0.15, 0.2) is 23.3 Å². The van der Waals surface area contributed by atoms with E-state index >= 15 is 4.57 Å². The van der Waals surface area contributed by atoms with E-state index in [1.54, 1.807) is 19.2 Å². The molecule has 2 aromatic heterocycles. The smallest absolute Gasteiger partial charge is 0.493 e. The molecule has 0 radical (unpaired) electrons. The molecule has 4 aliphatic heterocycles. The highest BCUT2D eigenvalue weighted by Gasteiger charge is 2.47. The molecule has 0 spiro atoms. The molecule has 0 aliphatic carbocycles. The molecule has 69 heavy (non-hydrogen) atoms. The van der Waals surface area contributed by atoms with Crippen LogP contribution in [0.4, 0.5) is 11.6 Å². The summed E-state index contributed by atoms with van der Waals surface area (Å²) in [5, 5.41) is 2.23. The van der Waals surface area contributed by atoms with Gasteiger partial charge in [-0.05, 0) is 63.1 Å². The standard InChI is InChI=1S/C40H32N8O4.C8H12O6P2.Al/c1-5-49-25-17-9-13-21-29(25)37-41-33(21)46-38-31-23(15-11-19-27(31)51-7-3)35(43-38)48-40-32-24(16-12-20-28(32)52-8-4)36(44-40)47-39-30-22(34(42-39)45-37)14-10-18-26(30)50-6-2;9-15(10,11)5-7-1-2-8(4-3-7)6-16(12,13)14;/h9-20H,5-8H2,1-4H3;1-4H,5-6H2,(H2,9,10,11)(H2,12,13,14);/q-2;;+3/p-1. The third-order valence-electron chi connectivity index (χ3n) is 11.8. The lowest BCUT2D eigenvalue weighted by Gasteiger charge is -2.22. The first-order chi connectivity index (χ1) is 33.4. The maximum absolute atomic E-state index is 15.2. The van der Waals surface area contributed by atoms with Crippen LogP contribution in [0.5, 0.6) is 23.0 Å². The maximum Gasteiger partial charge on any atom is 0.816 e. The van der Waals surface area contributed by atoms with Gasteiger partial charge in [-0.25, -0.2) is 30.0 Å². The summed E-state index contributed by atoms with van der Waals surface area (Å²) in [6, 6.07) is 28.6. The van der Waals surface area contributed by atoms with Crippen molar-refractivity contribution in [3.63, 3.8) is 0 Å². The number of hydrogen-bond donors (Lipinski definition) is 3. The Balaban J connectivity index is 1.32. The van der Waals surface area contributed by atoms with Gasteiger partial charge in [-0.3, -0.25) is 9.13 Å². The number of aliphatic imine (C=N–C) groups is 4. The first-order valence-electron chi connectivity index (χ1n) is 22.4. The molecule has 21 heteroatoms. The number of benzene rings is 5. The van der Waals surface area contributed by atoms with Crippen molar-refractivity contribution in [3.8, 4) is 23.0 Å². The van der Waals surface area contributed by atoms with Crippen LogP contribution in [0.2, 0.25) is 0 Å². The van der Waals surface area contributed by atoms with Gasteiger partial charge in [-0.2, -0.15) is 0 Å². The minimum absolute atomic E-state index is 0.280. The van der Waals surface area contributed by atoms with Gasteiger partial charge in [0.1, 0.15) is 45.6 Å². The van der Waals surface area contributed by atoms with Crippen molar-refractivity contribution in [2.75, 3.05) is 26.4 Å². The largest absolute Gasteiger partial charge is 0.816 e. The number of ether oxygens (including phenoxy) is 4. The molecule has 348 valence electrons. The van der Waals surface area contributed by atoms with Gasteiger partial charge in [0, 0.05) is 21.9 Å². The van der Waals surface area contributed by atoms with Crippen molar-refractivity contribution in [3.05, 3.63) is 141 Å². The van der Waals surface area contributed by atoms with E-state index in [4.69, 9.17) is 52.5 Å². The molecule has 11 rings (SSSR count). The highest BCUT2D eigenvalue weighted by Crippen LogP contribution is 2.51. The normalized spacial score (nSPS) is 15.2. The van der Waals surface area contributed by atoms with Crippen molar-refractivity contribution in [2.24, 2.45) is 30.0 Å². The van der Waals surface area contributed by atoms with E-state index in [1.165, 1.54) is 12.1 Å². The van der Waals surface area contributed by atoms with E-state index < -0.39 is 42.4 Å². The lowest BCUT2D eigenvalue weighted by atomic mass is 10.1. The second-order valence-electron chi connectivity index (χ2n) is 16.3. The van der Waals surface area contributed by atoms with Crippen molar-refractivity contribution < 1.29 is 46.3 Å². The van der Waals surface area contributed by atoms with Crippen molar-refractivity contribution in [1.29, 1.82) is 0 Å². The van der Waals surface area contributed by atoms with Crippen LogP contribution in [-0.2, 0) is 25.0 Å². The predicted octanol–water partition coefficient (Wildman–Crippen LogP) is 7.60. The SMILES string of the molecule is CCOc1cccc2c1C1=NC2=Nc2c3c(OCC)cccc3c3[n]2[Al]([O]P(=O)(O)Cc2ccc(CP(=O)(O)O)cc2)[n]2c(c4cccc(OCC)c4c2=NC2=NC(=N3)c3c(OCC)cccc32)=N1. The molecule has 4 aliphatic rings. The minimum atomic E-state index is -4.75. The van der Waals surface area contributed by atoms with E-state index in [0.29, 0.717) is 127 Å². The zero-order chi connectivity index (χ0) is 47.8. The van der Waals surface area contributed by atoms with E-state index in [1.807, 2.05) is 100 Å². The molecule has 0 saturated carbocycles. The van der Waals surface area contributed by atoms with Crippen LogP contribution in [0.3, 0.4) is 0 Å². The summed E-state index contributed by atoms with van der Waals surface area (Å²) in [5.41, 5.74) is 3.84. The van der Waals surface area contributed by atoms with Crippen molar-refractivity contribution >= 4 is 86.6 Å². The Labute approximate surface area is 399 Å². The summed E-state index contributed by atoms with van der Waals surface area (Å²) in [4.78, 5) is 63.5. The molecule has 18 nitrogen and oxygen atoms in total. The Morgan fingerprint density at radius 1 is 0.493 bits per heavy atom. The Kier molecular flexibility index (Phi) is 11.4. The lowest BCUT2D eigenvalue weighted by Crippen LogP contribution is -2.48.